The molecule has 2 aromatic rings. The molecular weight excluding hydrogens is 269 g/mol. The quantitative estimate of drug-likeness (QED) is 0.857. The van der Waals surface area contributed by atoms with E-state index < -0.39 is 12.0 Å². The molecule has 0 fully saturated rings. The number of carboxylic acid groups (broad SMARTS) is 1. The van der Waals surface area contributed by atoms with Crippen molar-refractivity contribution in [3.05, 3.63) is 71.0 Å². The zero-order valence-electron chi connectivity index (χ0n) is 11.8. The maximum atomic E-state index is 12.8. The van der Waals surface area contributed by atoms with E-state index >= 15 is 0 Å². The molecule has 2 aromatic carbocycles. The Kier molecular flexibility index (Phi) is 5.06. The Balaban J connectivity index is 2.08. The van der Waals surface area contributed by atoms with Gasteiger partial charge in [0.2, 0.25) is 0 Å². The van der Waals surface area contributed by atoms with Crippen LogP contribution in [0.2, 0.25) is 0 Å². The van der Waals surface area contributed by atoms with Crippen LogP contribution in [-0.4, -0.2) is 11.1 Å². The molecule has 0 radical (unpaired) electrons. The number of aryl methyl sites for hydroxylation is 1. The molecule has 2 N–H and O–H groups in total. The molecule has 0 aliphatic heterocycles. The summed E-state index contributed by atoms with van der Waals surface area (Å²) in [6.45, 7) is 2.42. The van der Waals surface area contributed by atoms with Crippen molar-refractivity contribution in [2.45, 2.75) is 25.9 Å². The second kappa shape index (κ2) is 6.99. The summed E-state index contributed by atoms with van der Waals surface area (Å²) >= 11 is 0. The summed E-state index contributed by atoms with van der Waals surface area (Å²) in [6, 6.07) is 12.8. The van der Waals surface area contributed by atoms with Gasteiger partial charge in [0.05, 0.1) is 0 Å². The van der Waals surface area contributed by atoms with Gasteiger partial charge in [0.1, 0.15) is 11.9 Å². The largest absolute Gasteiger partial charge is 0.480 e. The van der Waals surface area contributed by atoms with E-state index in [4.69, 9.17) is 0 Å². The molecule has 0 saturated carbocycles. The zero-order valence-corrected chi connectivity index (χ0v) is 11.8. The van der Waals surface area contributed by atoms with E-state index in [1.54, 1.807) is 12.1 Å². The average Bonchev–Trinajstić information content (AvgIpc) is 2.49. The van der Waals surface area contributed by atoms with Crippen molar-refractivity contribution < 1.29 is 14.3 Å². The lowest BCUT2D eigenvalue weighted by Gasteiger charge is -2.15. The SMILES string of the molecule is CCc1ccc(C(NCc2ccc(F)cc2)C(=O)O)cc1. The highest BCUT2D eigenvalue weighted by atomic mass is 19.1. The monoisotopic (exact) mass is 287 g/mol. The van der Waals surface area contributed by atoms with Crippen LogP contribution in [0.3, 0.4) is 0 Å². The van der Waals surface area contributed by atoms with E-state index in [0.717, 1.165) is 12.0 Å². The molecule has 3 nitrogen and oxygen atoms in total. The fraction of sp³-hybridized carbons (Fsp3) is 0.235. The number of nitrogens with one attached hydrogen (secondary N) is 1. The van der Waals surface area contributed by atoms with Crippen LogP contribution >= 0.6 is 0 Å². The normalized spacial score (nSPS) is 12.1. The summed E-state index contributed by atoms with van der Waals surface area (Å²) in [6.07, 6.45) is 0.918. The van der Waals surface area contributed by atoms with Gasteiger partial charge in [0.15, 0.2) is 0 Å². The number of carbonyl (C=O) groups is 1. The second-order valence-corrected chi connectivity index (χ2v) is 4.87. The number of benzene rings is 2. The second-order valence-electron chi connectivity index (χ2n) is 4.87. The molecule has 21 heavy (non-hydrogen) atoms. The molecule has 0 saturated heterocycles. The highest BCUT2D eigenvalue weighted by Crippen LogP contribution is 2.16. The van der Waals surface area contributed by atoms with Gasteiger partial charge < -0.3 is 5.11 Å². The fourth-order valence-electron chi connectivity index (χ4n) is 2.12. The van der Waals surface area contributed by atoms with Crippen molar-refractivity contribution in [1.82, 2.24) is 5.32 Å². The van der Waals surface area contributed by atoms with Gasteiger partial charge >= 0.3 is 5.97 Å². The Bertz CT molecular complexity index is 593. The molecule has 1 unspecified atom stereocenters. The Hall–Kier alpha value is -2.20. The number of rotatable bonds is 6. The van der Waals surface area contributed by atoms with Gasteiger partial charge in [0, 0.05) is 6.54 Å². The van der Waals surface area contributed by atoms with Crippen molar-refractivity contribution >= 4 is 5.97 Å². The van der Waals surface area contributed by atoms with E-state index in [0.29, 0.717) is 12.1 Å². The van der Waals surface area contributed by atoms with Crippen LogP contribution in [0.4, 0.5) is 4.39 Å². The predicted molar refractivity (Wildman–Crippen MR) is 79.4 cm³/mol. The van der Waals surface area contributed by atoms with E-state index in [-0.39, 0.29) is 5.82 Å². The van der Waals surface area contributed by atoms with Crippen molar-refractivity contribution in [3.63, 3.8) is 0 Å². The molecule has 4 heteroatoms. The third-order valence-corrected chi connectivity index (χ3v) is 3.39. The van der Waals surface area contributed by atoms with Crippen LogP contribution in [-0.2, 0) is 17.8 Å². The summed E-state index contributed by atoms with van der Waals surface area (Å²) in [4.78, 5) is 11.4. The predicted octanol–water partition coefficient (Wildman–Crippen LogP) is 3.30. The first kappa shape index (κ1) is 15.2. The van der Waals surface area contributed by atoms with Crippen LogP contribution in [0.25, 0.3) is 0 Å². The van der Waals surface area contributed by atoms with Crippen LogP contribution < -0.4 is 5.32 Å². The summed E-state index contributed by atoms with van der Waals surface area (Å²) in [5, 5.41) is 12.3. The Morgan fingerprint density at radius 2 is 1.67 bits per heavy atom. The minimum atomic E-state index is -0.929. The van der Waals surface area contributed by atoms with Crippen LogP contribution in [0.1, 0.15) is 29.7 Å². The Morgan fingerprint density at radius 3 is 2.19 bits per heavy atom. The fourth-order valence-corrected chi connectivity index (χ4v) is 2.12. The molecule has 1 atom stereocenters. The number of carboxylic acids is 1. The minimum Gasteiger partial charge on any atom is -0.480 e. The maximum absolute atomic E-state index is 12.8. The van der Waals surface area contributed by atoms with Gasteiger partial charge in [-0.25, -0.2) is 4.39 Å². The summed E-state index contributed by atoms with van der Waals surface area (Å²) in [5.74, 6) is -1.23. The number of hydrogen-bond acceptors (Lipinski definition) is 2. The number of hydrogen-bond donors (Lipinski definition) is 2. The van der Waals surface area contributed by atoms with Crippen LogP contribution in [0, 0.1) is 5.82 Å². The van der Waals surface area contributed by atoms with Crippen molar-refractivity contribution in [1.29, 1.82) is 0 Å². The molecule has 0 heterocycles. The van der Waals surface area contributed by atoms with Crippen LogP contribution in [0.5, 0.6) is 0 Å². The van der Waals surface area contributed by atoms with Gasteiger partial charge in [-0.15, -0.1) is 0 Å². The Morgan fingerprint density at radius 1 is 1.10 bits per heavy atom. The topological polar surface area (TPSA) is 49.3 Å². The number of halogens is 1. The lowest BCUT2D eigenvalue weighted by molar-refractivity contribution is -0.139. The van der Waals surface area contributed by atoms with Crippen molar-refractivity contribution in [2.24, 2.45) is 0 Å². The third-order valence-electron chi connectivity index (χ3n) is 3.39. The molecule has 2 rings (SSSR count). The summed E-state index contributed by atoms with van der Waals surface area (Å²) < 4.78 is 12.8. The highest BCUT2D eigenvalue weighted by molar-refractivity contribution is 5.75. The molecular formula is C17H18FNO2. The lowest BCUT2D eigenvalue weighted by Crippen LogP contribution is -2.28. The first-order valence-electron chi connectivity index (χ1n) is 6.89. The van der Waals surface area contributed by atoms with Crippen LogP contribution in [0.15, 0.2) is 48.5 Å². The molecule has 0 aromatic heterocycles. The van der Waals surface area contributed by atoms with Gasteiger partial charge in [-0.3, -0.25) is 10.1 Å². The van der Waals surface area contributed by atoms with E-state index in [1.807, 2.05) is 24.3 Å². The van der Waals surface area contributed by atoms with Gasteiger partial charge in [0.25, 0.3) is 0 Å². The first-order valence-corrected chi connectivity index (χ1v) is 6.89. The maximum Gasteiger partial charge on any atom is 0.325 e. The average molecular weight is 287 g/mol. The van der Waals surface area contributed by atoms with Crippen molar-refractivity contribution in [3.8, 4) is 0 Å². The van der Waals surface area contributed by atoms with E-state index in [9.17, 15) is 14.3 Å². The van der Waals surface area contributed by atoms with Gasteiger partial charge in [-0.05, 0) is 35.2 Å². The van der Waals surface area contributed by atoms with E-state index in [1.165, 1.54) is 17.7 Å². The minimum absolute atomic E-state index is 0.302. The molecule has 0 bridgehead atoms. The highest BCUT2D eigenvalue weighted by Gasteiger charge is 2.18. The first-order chi connectivity index (χ1) is 10.1. The third kappa shape index (κ3) is 4.13. The smallest absolute Gasteiger partial charge is 0.325 e. The molecule has 110 valence electrons. The van der Waals surface area contributed by atoms with Gasteiger partial charge in [-0.1, -0.05) is 43.3 Å². The standard InChI is InChI=1S/C17H18FNO2/c1-2-12-3-7-14(8-4-12)16(17(20)21)19-11-13-5-9-15(18)10-6-13/h3-10,16,19H,2,11H2,1H3,(H,20,21). The van der Waals surface area contributed by atoms with Gasteiger partial charge in [-0.2, -0.15) is 0 Å². The molecule has 0 spiro atoms. The molecule has 0 aliphatic rings. The molecule has 0 amide bonds. The summed E-state index contributed by atoms with van der Waals surface area (Å²) in [7, 11) is 0. The summed E-state index contributed by atoms with van der Waals surface area (Å²) in [5.41, 5.74) is 2.72. The zero-order chi connectivity index (χ0) is 15.2. The number of aliphatic carboxylic acids is 1. The molecule has 0 aliphatic carbocycles. The van der Waals surface area contributed by atoms with E-state index in [2.05, 4.69) is 12.2 Å². The van der Waals surface area contributed by atoms with Crippen molar-refractivity contribution in [2.75, 3.05) is 0 Å². The lowest BCUT2D eigenvalue weighted by atomic mass is 10.0. The Labute approximate surface area is 123 Å².